The number of rotatable bonds is 4. The predicted molar refractivity (Wildman–Crippen MR) is 68.0 cm³/mol. The van der Waals surface area contributed by atoms with Crippen LogP contribution >= 0.6 is 0 Å². The molecule has 0 aromatic carbocycles. The molecule has 1 aromatic heterocycles. The van der Waals surface area contributed by atoms with Gasteiger partial charge in [0, 0.05) is 18.8 Å². The molecule has 2 heterocycles. The Labute approximate surface area is 110 Å². The van der Waals surface area contributed by atoms with E-state index in [1.807, 2.05) is 5.48 Å². The fourth-order valence-corrected chi connectivity index (χ4v) is 1.98. The number of nitrogens with zero attached hydrogens (tertiary/aromatic N) is 2. The topological polar surface area (TPSA) is 122 Å². The van der Waals surface area contributed by atoms with Gasteiger partial charge in [0.25, 0.3) is 5.91 Å². The fraction of sp³-hybridized carbons (Fsp3) is 0.545. The molecule has 19 heavy (non-hydrogen) atoms. The number of primary amides is 1. The van der Waals surface area contributed by atoms with Crippen LogP contribution in [0.15, 0.2) is 6.20 Å². The summed E-state index contributed by atoms with van der Waals surface area (Å²) in [5.41, 5.74) is 7.02. The first-order valence-electron chi connectivity index (χ1n) is 6.03. The zero-order valence-electron chi connectivity index (χ0n) is 10.6. The van der Waals surface area contributed by atoms with E-state index in [0.29, 0.717) is 25.1 Å². The summed E-state index contributed by atoms with van der Waals surface area (Å²) in [6.45, 7) is 3.44. The van der Waals surface area contributed by atoms with E-state index in [-0.39, 0.29) is 17.4 Å². The number of hydrogen-bond donors (Lipinski definition) is 4. The normalized spacial score (nSPS) is 22.8. The van der Waals surface area contributed by atoms with Gasteiger partial charge in [-0.15, -0.1) is 0 Å². The monoisotopic (exact) mass is 267 g/mol. The third kappa shape index (κ3) is 3.09. The van der Waals surface area contributed by atoms with Gasteiger partial charge in [0.15, 0.2) is 5.82 Å². The summed E-state index contributed by atoms with van der Waals surface area (Å²) < 4.78 is 5.35. The Morgan fingerprint density at radius 1 is 1.63 bits per heavy atom. The number of hydrogen-bond acceptors (Lipinski definition) is 7. The number of nitrogens with one attached hydrogen (secondary N) is 2. The smallest absolute Gasteiger partial charge is 0.254 e. The molecule has 0 spiro atoms. The molecule has 0 saturated carbocycles. The molecule has 2 unspecified atom stereocenters. The van der Waals surface area contributed by atoms with Gasteiger partial charge in [-0.1, -0.05) is 6.92 Å². The summed E-state index contributed by atoms with van der Waals surface area (Å²) in [6.07, 6.45) is 2.13. The van der Waals surface area contributed by atoms with Crippen molar-refractivity contribution in [1.29, 1.82) is 0 Å². The van der Waals surface area contributed by atoms with E-state index in [1.165, 1.54) is 6.20 Å². The van der Waals surface area contributed by atoms with Gasteiger partial charge in [0.2, 0.25) is 5.95 Å². The molecule has 8 heteroatoms. The maximum Gasteiger partial charge on any atom is 0.254 e. The molecule has 5 N–H and O–H groups in total. The highest BCUT2D eigenvalue weighted by molar-refractivity contribution is 5.97. The molecule has 1 fully saturated rings. The first kappa shape index (κ1) is 13.5. The number of anilines is 2. The van der Waals surface area contributed by atoms with E-state index in [0.717, 1.165) is 6.42 Å². The molecule has 0 aliphatic carbocycles. The lowest BCUT2D eigenvalue weighted by Gasteiger charge is -2.29. The van der Waals surface area contributed by atoms with Crippen LogP contribution < -0.4 is 16.5 Å². The molecule has 2 atom stereocenters. The summed E-state index contributed by atoms with van der Waals surface area (Å²) in [7, 11) is 0. The van der Waals surface area contributed by atoms with Crippen LogP contribution in [0, 0.1) is 5.92 Å². The van der Waals surface area contributed by atoms with Crippen molar-refractivity contribution in [2.45, 2.75) is 19.4 Å². The molecule has 0 bridgehead atoms. The van der Waals surface area contributed by atoms with Crippen molar-refractivity contribution in [3.05, 3.63) is 11.8 Å². The van der Waals surface area contributed by atoms with Gasteiger partial charge in [-0.25, -0.2) is 4.98 Å². The van der Waals surface area contributed by atoms with E-state index in [4.69, 9.17) is 15.7 Å². The Bertz CT molecular complexity index is 468. The van der Waals surface area contributed by atoms with Crippen LogP contribution in [0.4, 0.5) is 11.8 Å². The lowest BCUT2D eigenvalue weighted by Crippen LogP contribution is -2.36. The second kappa shape index (κ2) is 5.81. The Morgan fingerprint density at radius 2 is 2.42 bits per heavy atom. The van der Waals surface area contributed by atoms with Gasteiger partial charge >= 0.3 is 0 Å². The van der Waals surface area contributed by atoms with Crippen molar-refractivity contribution in [3.8, 4) is 0 Å². The third-order valence-corrected chi connectivity index (χ3v) is 3.12. The van der Waals surface area contributed by atoms with Crippen molar-refractivity contribution in [2.75, 3.05) is 24.0 Å². The molecule has 8 nitrogen and oxygen atoms in total. The molecule has 2 rings (SSSR count). The molecular formula is C11H17N5O3. The summed E-state index contributed by atoms with van der Waals surface area (Å²) in [4.78, 5) is 19.1. The van der Waals surface area contributed by atoms with E-state index in [2.05, 4.69) is 22.2 Å². The molecule has 1 aliphatic rings. The number of nitrogens with two attached hydrogens (primary N) is 1. The fourth-order valence-electron chi connectivity index (χ4n) is 1.98. The number of amides is 1. The standard InChI is InChI=1S/C11H17N5O3/c1-6-5-19-3-2-8(6)14-11-13-4-7(9(12)17)10(15-11)16-18/h4,6,8,18H,2-3,5H2,1H3,(H2,12,17)(H2,13,14,15,16). The van der Waals surface area contributed by atoms with Crippen molar-refractivity contribution in [2.24, 2.45) is 11.7 Å². The zero-order valence-corrected chi connectivity index (χ0v) is 10.6. The lowest BCUT2D eigenvalue weighted by molar-refractivity contribution is 0.0536. The van der Waals surface area contributed by atoms with Crippen LogP contribution in [0.5, 0.6) is 0 Å². The maximum absolute atomic E-state index is 11.1. The van der Waals surface area contributed by atoms with Crippen molar-refractivity contribution in [3.63, 3.8) is 0 Å². The molecule has 1 amide bonds. The third-order valence-electron chi connectivity index (χ3n) is 3.12. The van der Waals surface area contributed by atoms with Gasteiger partial charge in [-0.3, -0.25) is 15.5 Å². The van der Waals surface area contributed by atoms with Crippen molar-refractivity contribution in [1.82, 2.24) is 9.97 Å². The van der Waals surface area contributed by atoms with E-state index in [1.54, 1.807) is 0 Å². The second-order valence-corrected chi connectivity index (χ2v) is 4.52. The molecule has 1 aliphatic heterocycles. The SMILES string of the molecule is CC1COCCC1Nc1ncc(C(N)=O)c(NO)n1. The second-order valence-electron chi connectivity index (χ2n) is 4.52. The predicted octanol–water partition coefficient (Wildman–Crippen LogP) is 0.214. The first-order chi connectivity index (χ1) is 9.11. The number of aromatic nitrogens is 2. The average molecular weight is 267 g/mol. The van der Waals surface area contributed by atoms with Gasteiger partial charge < -0.3 is 15.8 Å². The largest absolute Gasteiger partial charge is 0.381 e. The van der Waals surface area contributed by atoms with Crippen LogP contribution in [0.3, 0.4) is 0 Å². The van der Waals surface area contributed by atoms with E-state index in [9.17, 15) is 4.79 Å². The number of ether oxygens (including phenoxy) is 1. The highest BCUT2D eigenvalue weighted by Gasteiger charge is 2.23. The minimum absolute atomic E-state index is 0.00953. The van der Waals surface area contributed by atoms with Crippen LogP contribution in [0.2, 0.25) is 0 Å². The highest BCUT2D eigenvalue weighted by atomic mass is 16.5. The molecule has 1 saturated heterocycles. The lowest BCUT2D eigenvalue weighted by atomic mass is 9.98. The number of carbonyl (C=O) groups excluding carboxylic acids is 1. The van der Waals surface area contributed by atoms with E-state index < -0.39 is 5.91 Å². The van der Waals surface area contributed by atoms with Gasteiger partial charge in [-0.05, 0) is 12.3 Å². The summed E-state index contributed by atoms with van der Waals surface area (Å²) in [5, 5.41) is 12.1. The minimum Gasteiger partial charge on any atom is -0.381 e. The Balaban J connectivity index is 2.14. The number of carbonyl (C=O) groups is 1. The van der Waals surface area contributed by atoms with Gasteiger partial charge in [0.05, 0.1) is 6.61 Å². The molecule has 1 aromatic rings. The highest BCUT2D eigenvalue weighted by Crippen LogP contribution is 2.19. The van der Waals surface area contributed by atoms with Gasteiger partial charge in [-0.2, -0.15) is 4.98 Å². The molecule has 0 radical (unpaired) electrons. The van der Waals surface area contributed by atoms with Gasteiger partial charge in [0.1, 0.15) is 5.56 Å². The first-order valence-corrected chi connectivity index (χ1v) is 6.03. The molecular weight excluding hydrogens is 250 g/mol. The maximum atomic E-state index is 11.1. The Morgan fingerprint density at radius 3 is 3.05 bits per heavy atom. The average Bonchev–Trinajstić information content (AvgIpc) is 2.41. The Kier molecular flexibility index (Phi) is 4.13. The van der Waals surface area contributed by atoms with Crippen LogP contribution in [0.25, 0.3) is 0 Å². The van der Waals surface area contributed by atoms with Crippen LogP contribution in [-0.4, -0.2) is 40.3 Å². The molecule has 104 valence electrons. The minimum atomic E-state index is -0.706. The van der Waals surface area contributed by atoms with Crippen molar-refractivity contribution < 1.29 is 14.7 Å². The van der Waals surface area contributed by atoms with E-state index >= 15 is 0 Å². The summed E-state index contributed by atoms with van der Waals surface area (Å²) in [6, 6.07) is 0.194. The van der Waals surface area contributed by atoms with Crippen LogP contribution in [-0.2, 0) is 4.74 Å². The zero-order chi connectivity index (χ0) is 13.8. The summed E-state index contributed by atoms with van der Waals surface area (Å²) in [5.74, 6) is -0.0498. The van der Waals surface area contributed by atoms with Crippen LogP contribution in [0.1, 0.15) is 23.7 Å². The summed E-state index contributed by atoms with van der Waals surface area (Å²) >= 11 is 0. The quantitative estimate of drug-likeness (QED) is 0.575. The Hall–Kier alpha value is -1.93. The van der Waals surface area contributed by atoms with Crippen molar-refractivity contribution >= 4 is 17.7 Å².